The Bertz CT molecular complexity index is 778. The van der Waals surface area contributed by atoms with Gasteiger partial charge in [-0.15, -0.1) is 0 Å². The first-order chi connectivity index (χ1) is 10.9. The molecule has 0 bridgehead atoms. The molecule has 0 amide bonds. The van der Waals surface area contributed by atoms with Gasteiger partial charge in [-0.05, 0) is 42.0 Å². The predicted octanol–water partition coefficient (Wildman–Crippen LogP) is 2.53. The summed E-state index contributed by atoms with van der Waals surface area (Å²) in [5, 5.41) is 20.2. The molecule has 2 aromatic carbocycles. The lowest BCUT2D eigenvalue weighted by molar-refractivity contribution is -0.140. The van der Waals surface area contributed by atoms with Gasteiger partial charge < -0.3 is 19.7 Å². The first-order valence-electron chi connectivity index (χ1n) is 6.84. The summed E-state index contributed by atoms with van der Waals surface area (Å²) < 4.78 is 9.82. The van der Waals surface area contributed by atoms with Crippen LogP contribution in [-0.4, -0.2) is 35.4 Å². The van der Waals surface area contributed by atoms with Crippen LogP contribution < -0.4 is 0 Å². The van der Waals surface area contributed by atoms with Gasteiger partial charge in [0.15, 0.2) is 11.5 Å². The van der Waals surface area contributed by atoms with Crippen molar-refractivity contribution in [1.82, 2.24) is 0 Å². The first kappa shape index (κ1) is 16.4. The molecule has 0 saturated heterocycles. The van der Waals surface area contributed by atoms with Gasteiger partial charge in [0.25, 0.3) is 0 Å². The number of carbonyl (C=O) groups excluding carboxylic acids is 2. The third-order valence-corrected chi connectivity index (χ3v) is 3.07. The molecule has 6 nitrogen and oxygen atoms in total. The molecule has 120 valence electrons. The number of aromatic hydroxyl groups is 2. The summed E-state index contributed by atoms with van der Waals surface area (Å²) in [6, 6.07) is 7.47. The van der Waals surface area contributed by atoms with Gasteiger partial charge in [0.2, 0.25) is 0 Å². The zero-order chi connectivity index (χ0) is 17.0. The van der Waals surface area contributed by atoms with Crippen molar-refractivity contribution in [1.29, 1.82) is 0 Å². The lowest BCUT2D eigenvalue weighted by Gasteiger charge is -2.07. The average Bonchev–Trinajstić information content (AvgIpc) is 2.51. The van der Waals surface area contributed by atoms with Gasteiger partial charge >= 0.3 is 11.9 Å². The number of hydrogen-bond acceptors (Lipinski definition) is 6. The molecule has 23 heavy (non-hydrogen) atoms. The fraction of sp³-hybridized carbons (Fsp3) is 0.176. The molecule has 0 heterocycles. The summed E-state index contributed by atoms with van der Waals surface area (Å²) in [7, 11) is 0. The number of phenols is 2. The van der Waals surface area contributed by atoms with E-state index in [1.54, 1.807) is 12.1 Å². The Hall–Kier alpha value is -3.02. The number of benzene rings is 2. The number of phenolic OH excluding ortho intramolecular Hbond substituents is 2. The normalized spacial score (nSPS) is 10.3. The van der Waals surface area contributed by atoms with Gasteiger partial charge in [-0.2, -0.15) is 0 Å². The summed E-state index contributed by atoms with van der Waals surface area (Å²) in [6.45, 7) is 4.83. The molecule has 0 radical (unpaired) electrons. The molecule has 6 heteroatoms. The van der Waals surface area contributed by atoms with Gasteiger partial charge in [0.05, 0.1) is 5.56 Å². The van der Waals surface area contributed by atoms with Crippen molar-refractivity contribution in [2.45, 2.75) is 6.92 Å². The molecule has 0 aliphatic heterocycles. The summed E-state index contributed by atoms with van der Waals surface area (Å²) in [6.07, 6.45) is 0. The van der Waals surface area contributed by atoms with Crippen molar-refractivity contribution in [2.75, 3.05) is 13.2 Å². The number of hydrogen-bond donors (Lipinski definition) is 2. The van der Waals surface area contributed by atoms with E-state index < -0.39 is 11.9 Å². The van der Waals surface area contributed by atoms with Crippen LogP contribution in [0.15, 0.2) is 42.5 Å². The Morgan fingerprint density at radius 2 is 1.61 bits per heavy atom. The fourth-order valence-corrected chi connectivity index (χ4v) is 1.88. The topological polar surface area (TPSA) is 93.1 Å². The zero-order valence-electron chi connectivity index (χ0n) is 12.5. The van der Waals surface area contributed by atoms with Crippen molar-refractivity contribution in [3.63, 3.8) is 0 Å². The molecule has 2 aromatic rings. The van der Waals surface area contributed by atoms with E-state index in [1.165, 1.54) is 25.1 Å². The highest BCUT2D eigenvalue weighted by Gasteiger charge is 2.10. The minimum Gasteiger partial charge on any atom is -0.504 e. The van der Waals surface area contributed by atoms with Crippen molar-refractivity contribution in [2.24, 2.45) is 0 Å². The molecule has 0 atom stereocenters. The van der Waals surface area contributed by atoms with Crippen LogP contribution in [0.25, 0.3) is 10.8 Å². The highest BCUT2D eigenvalue weighted by Crippen LogP contribution is 2.30. The van der Waals surface area contributed by atoms with E-state index >= 15 is 0 Å². The second kappa shape index (κ2) is 6.83. The minimum absolute atomic E-state index is 0.0559. The van der Waals surface area contributed by atoms with Crippen LogP contribution in [0.3, 0.4) is 0 Å². The lowest BCUT2D eigenvalue weighted by Crippen LogP contribution is -2.14. The third kappa shape index (κ3) is 4.00. The van der Waals surface area contributed by atoms with E-state index in [2.05, 4.69) is 6.58 Å². The summed E-state index contributed by atoms with van der Waals surface area (Å²) >= 11 is 0. The summed E-state index contributed by atoms with van der Waals surface area (Å²) in [4.78, 5) is 23.1. The van der Waals surface area contributed by atoms with Crippen LogP contribution in [0, 0.1) is 0 Å². The molecule has 0 unspecified atom stereocenters. The van der Waals surface area contributed by atoms with E-state index in [0.717, 1.165) is 0 Å². The standard InChI is InChI=1S/C17H16O6/c1-10(2)16(20)22-5-6-23-17(21)12-4-3-11-8-14(18)15(19)9-13(11)7-12/h3-4,7-9,18-19H,1,5-6H2,2H3. The SMILES string of the molecule is C=C(C)C(=O)OCCOC(=O)c1ccc2cc(O)c(O)cc2c1. The molecule has 0 aliphatic rings. The predicted molar refractivity (Wildman–Crippen MR) is 83.3 cm³/mol. The lowest BCUT2D eigenvalue weighted by atomic mass is 10.1. The zero-order valence-corrected chi connectivity index (χ0v) is 12.5. The maximum absolute atomic E-state index is 11.9. The number of esters is 2. The third-order valence-electron chi connectivity index (χ3n) is 3.07. The Morgan fingerprint density at radius 1 is 1.00 bits per heavy atom. The molecular weight excluding hydrogens is 300 g/mol. The Morgan fingerprint density at radius 3 is 2.26 bits per heavy atom. The average molecular weight is 316 g/mol. The first-order valence-corrected chi connectivity index (χ1v) is 6.84. The van der Waals surface area contributed by atoms with E-state index in [1.807, 2.05) is 0 Å². The molecule has 2 rings (SSSR count). The fourth-order valence-electron chi connectivity index (χ4n) is 1.88. The molecule has 0 aliphatic carbocycles. The molecule has 0 saturated carbocycles. The van der Waals surface area contributed by atoms with E-state index in [0.29, 0.717) is 10.8 Å². The van der Waals surface area contributed by atoms with E-state index in [9.17, 15) is 19.8 Å². The number of carbonyl (C=O) groups is 2. The summed E-state index contributed by atoms with van der Waals surface area (Å²) in [5.74, 6) is -1.62. The van der Waals surface area contributed by atoms with E-state index in [-0.39, 0.29) is 35.8 Å². The van der Waals surface area contributed by atoms with Crippen LogP contribution in [0.5, 0.6) is 11.5 Å². The van der Waals surface area contributed by atoms with E-state index in [4.69, 9.17) is 9.47 Å². The smallest absolute Gasteiger partial charge is 0.338 e. The monoisotopic (exact) mass is 316 g/mol. The maximum atomic E-state index is 11.9. The molecule has 0 aromatic heterocycles. The maximum Gasteiger partial charge on any atom is 0.338 e. The second-order valence-electron chi connectivity index (χ2n) is 4.96. The number of rotatable bonds is 5. The van der Waals surface area contributed by atoms with Crippen LogP contribution >= 0.6 is 0 Å². The Kier molecular flexibility index (Phi) is 4.85. The Balaban J connectivity index is 2.00. The van der Waals surface area contributed by atoms with Gasteiger partial charge in [-0.25, -0.2) is 9.59 Å². The highest BCUT2D eigenvalue weighted by molar-refractivity contribution is 5.96. The number of ether oxygens (including phenoxy) is 2. The summed E-state index contributed by atoms with van der Waals surface area (Å²) in [5.41, 5.74) is 0.558. The van der Waals surface area contributed by atoms with Gasteiger partial charge in [0.1, 0.15) is 13.2 Å². The molecule has 2 N–H and O–H groups in total. The van der Waals surface area contributed by atoms with Crippen molar-refractivity contribution in [3.8, 4) is 11.5 Å². The van der Waals surface area contributed by atoms with Crippen LogP contribution in [-0.2, 0) is 14.3 Å². The highest BCUT2D eigenvalue weighted by atomic mass is 16.6. The molecule has 0 spiro atoms. The molecular formula is C17H16O6. The Labute approximate surface area is 132 Å². The quantitative estimate of drug-likeness (QED) is 0.381. The van der Waals surface area contributed by atoms with Crippen molar-refractivity contribution in [3.05, 3.63) is 48.0 Å². The van der Waals surface area contributed by atoms with Gasteiger partial charge in [0, 0.05) is 5.57 Å². The minimum atomic E-state index is -0.578. The van der Waals surface area contributed by atoms with Crippen LogP contribution in [0.2, 0.25) is 0 Å². The van der Waals surface area contributed by atoms with Crippen LogP contribution in [0.1, 0.15) is 17.3 Å². The van der Waals surface area contributed by atoms with Crippen molar-refractivity contribution < 1.29 is 29.3 Å². The molecule has 0 fully saturated rings. The number of fused-ring (bicyclic) bond motifs is 1. The van der Waals surface area contributed by atoms with Gasteiger partial charge in [-0.3, -0.25) is 0 Å². The van der Waals surface area contributed by atoms with Crippen molar-refractivity contribution >= 4 is 22.7 Å². The second-order valence-corrected chi connectivity index (χ2v) is 4.96. The van der Waals surface area contributed by atoms with Gasteiger partial charge in [-0.1, -0.05) is 12.6 Å². The largest absolute Gasteiger partial charge is 0.504 e. The van der Waals surface area contributed by atoms with Crippen LogP contribution in [0.4, 0.5) is 0 Å².